The van der Waals surface area contributed by atoms with E-state index in [2.05, 4.69) is 17.2 Å². The Morgan fingerprint density at radius 1 is 1.12 bits per heavy atom. The van der Waals surface area contributed by atoms with Crippen LogP contribution in [0.3, 0.4) is 0 Å². The first-order valence-corrected chi connectivity index (χ1v) is 10.8. The van der Waals surface area contributed by atoms with E-state index in [0.29, 0.717) is 51.5 Å². The van der Waals surface area contributed by atoms with Gasteiger partial charge in [-0.1, -0.05) is 13.0 Å². The molecule has 26 heavy (non-hydrogen) atoms. The summed E-state index contributed by atoms with van der Waals surface area (Å²) < 4.78 is 28.7. The van der Waals surface area contributed by atoms with Crippen molar-refractivity contribution in [3.8, 4) is 0 Å². The molecule has 1 aromatic heterocycles. The highest BCUT2D eigenvalue weighted by Crippen LogP contribution is 2.25. The molecule has 7 nitrogen and oxygen atoms in total. The molecule has 2 aliphatic heterocycles. The number of rotatable bonds is 5. The Morgan fingerprint density at radius 2 is 1.73 bits per heavy atom. The van der Waals surface area contributed by atoms with Gasteiger partial charge in [0, 0.05) is 38.3 Å². The van der Waals surface area contributed by atoms with Crippen LogP contribution >= 0.6 is 0 Å². The number of carbonyl (C=O) groups is 1. The molecule has 2 saturated heterocycles. The molecular weight excluding hydrogens is 352 g/mol. The predicted octanol–water partition coefficient (Wildman–Crippen LogP) is 1.39. The first kappa shape index (κ1) is 19.3. The molecule has 3 rings (SSSR count). The van der Waals surface area contributed by atoms with Gasteiger partial charge < -0.3 is 5.32 Å². The van der Waals surface area contributed by atoms with Crippen LogP contribution in [0, 0.1) is 11.8 Å². The van der Waals surface area contributed by atoms with E-state index in [1.165, 1.54) is 0 Å². The van der Waals surface area contributed by atoms with Crippen molar-refractivity contribution in [3.05, 3.63) is 30.1 Å². The second-order valence-electron chi connectivity index (χ2n) is 7.30. The highest BCUT2D eigenvalue weighted by Gasteiger charge is 2.35. The highest BCUT2D eigenvalue weighted by molar-refractivity contribution is 7.86. The van der Waals surface area contributed by atoms with Crippen LogP contribution in [0.1, 0.15) is 38.3 Å². The lowest BCUT2D eigenvalue weighted by Gasteiger charge is -2.37. The van der Waals surface area contributed by atoms with Crippen molar-refractivity contribution in [2.45, 2.75) is 39.2 Å². The van der Waals surface area contributed by atoms with Gasteiger partial charge in [0.25, 0.3) is 10.2 Å². The monoisotopic (exact) mass is 380 g/mol. The fourth-order valence-electron chi connectivity index (χ4n) is 3.55. The molecule has 2 aliphatic rings. The number of carbonyl (C=O) groups excluding carboxylic acids is 1. The van der Waals surface area contributed by atoms with E-state index in [0.717, 1.165) is 18.5 Å². The molecule has 144 valence electrons. The third kappa shape index (κ3) is 4.61. The van der Waals surface area contributed by atoms with Crippen LogP contribution in [0.5, 0.6) is 0 Å². The van der Waals surface area contributed by atoms with Gasteiger partial charge in [0.1, 0.15) is 0 Å². The molecule has 0 radical (unpaired) electrons. The lowest BCUT2D eigenvalue weighted by molar-refractivity contribution is -0.126. The summed E-state index contributed by atoms with van der Waals surface area (Å²) in [6.45, 7) is 4.61. The zero-order valence-corrected chi connectivity index (χ0v) is 16.1. The summed E-state index contributed by atoms with van der Waals surface area (Å²) in [5.41, 5.74) is 0.820. The maximum absolute atomic E-state index is 12.8. The van der Waals surface area contributed by atoms with Gasteiger partial charge in [-0.2, -0.15) is 17.0 Å². The Labute approximate surface area is 156 Å². The van der Waals surface area contributed by atoms with Crippen molar-refractivity contribution >= 4 is 16.1 Å². The average Bonchev–Trinajstić information content (AvgIpc) is 2.67. The van der Waals surface area contributed by atoms with Crippen molar-refractivity contribution in [2.24, 2.45) is 11.8 Å². The van der Waals surface area contributed by atoms with Crippen LogP contribution in [0.25, 0.3) is 0 Å². The molecule has 3 heterocycles. The van der Waals surface area contributed by atoms with Crippen molar-refractivity contribution < 1.29 is 13.2 Å². The molecule has 0 bridgehead atoms. The van der Waals surface area contributed by atoms with E-state index in [4.69, 9.17) is 0 Å². The molecule has 0 saturated carbocycles. The van der Waals surface area contributed by atoms with E-state index in [1.807, 2.05) is 18.2 Å². The number of piperidine rings is 2. The van der Waals surface area contributed by atoms with E-state index in [9.17, 15) is 13.2 Å². The van der Waals surface area contributed by atoms with Crippen LogP contribution in [-0.2, 0) is 21.5 Å². The van der Waals surface area contributed by atoms with Gasteiger partial charge in [-0.25, -0.2) is 0 Å². The lowest BCUT2D eigenvalue weighted by atomic mass is 9.97. The number of nitrogens with zero attached hydrogens (tertiary/aromatic N) is 3. The molecular formula is C18H28N4O3S. The first-order chi connectivity index (χ1) is 12.5. The molecule has 1 N–H and O–H groups in total. The van der Waals surface area contributed by atoms with Crippen molar-refractivity contribution in [1.29, 1.82) is 0 Å². The Bertz CT molecular complexity index is 694. The van der Waals surface area contributed by atoms with Crippen molar-refractivity contribution in [2.75, 3.05) is 26.2 Å². The topological polar surface area (TPSA) is 82.6 Å². The van der Waals surface area contributed by atoms with Crippen LogP contribution in [0.15, 0.2) is 24.4 Å². The summed E-state index contributed by atoms with van der Waals surface area (Å²) in [5, 5.41) is 2.91. The molecule has 0 aromatic carbocycles. The first-order valence-electron chi connectivity index (χ1n) is 9.39. The molecule has 0 unspecified atom stereocenters. The minimum Gasteiger partial charge on any atom is -0.350 e. The van der Waals surface area contributed by atoms with E-state index in [-0.39, 0.29) is 11.8 Å². The number of hydrogen-bond acceptors (Lipinski definition) is 4. The summed E-state index contributed by atoms with van der Waals surface area (Å²) in [7, 11) is -3.39. The Morgan fingerprint density at radius 3 is 2.31 bits per heavy atom. The number of nitrogens with one attached hydrogen (secondary N) is 1. The van der Waals surface area contributed by atoms with E-state index < -0.39 is 10.2 Å². The molecule has 0 aliphatic carbocycles. The zero-order chi connectivity index (χ0) is 18.6. The Balaban J connectivity index is 1.48. The van der Waals surface area contributed by atoms with E-state index >= 15 is 0 Å². The summed E-state index contributed by atoms with van der Waals surface area (Å²) in [4.78, 5) is 16.5. The fraction of sp³-hybridized carbons (Fsp3) is 0.667. The summed E-state index contributed by atoms with van der Waals surface area (Å²) in [6, 6.07) is 5.60. The largest absolute Gasteiger partial charge is 0.350 e. The molecule has 0 atom stereocenters. The molecule has 1 aromatic rings. The standard InChI is InChI=1S/C18H28N4O3S/c1-15-5-10-21(11-6-15)26(24,25)22-12-7-16(8-13-22)18(23)20-14-17-4-2-3-9-19-17/h2-4,9,15-16H,5-8,10-14H2,1H3,(H,20,23). The van der Waals surface area contributed by atoms with Gasteiger partial charge in [-0.3, -0.25) is 9.78 Å². The average molecular weight is 381 g/mol. The minimum absolute atomic E-state index is 0.0144. The van der Waals surface area contributed by atoms with Crippen molar-refractivity contribution in [1.82, 2.24) is 18.9 Å². The molecule has 1 amide bonds. The van der Waals surface area contributed by atoms with Crippen LogP contribution in [0.4, 0.5) is 0 Å². The van der Waals surface area contributed by atoms with Crippen LogP contribution < -0.4 is 5.32 Å². The normalized spacial score (nSPS) is 21.6. The number of pyridine rings is 1. The minimum atomic E-state index is -3.39. The maximum Gasteiger partial charge on any atom is 0.281 e. The summed E-state index contributed by atoms with van der Waals surface area (Å²) in [5.74, 6) is 0.445. The van der Waals surface area contributed by atoms with Gasteiger partial charge in [-0.15, -0.1) is 0 Å². The summed E-state index contributed by atoms with van der Waals surface area (Å²) in [6.07, 6.45) is 4.68. The van der Waals surface area contributed by atoms with Gasteiger partial charge in [0.05, 0.1) is 12.2 Å². The van der Waals surface area contributed by atoms with Crippen LogP contribution in [0.2, 0.25) is 0 Å². The van der Waals surface area contributed by atoms with Gasteiger partial charge >= 0.3 is 0 Å². The smallest absolute Gasteiger partial charge is 0.281 e. The number of aromatic nitrogens is 1. The quantitative estimate of drug-likeness (QED) is 0.837. The van der Waals surface area contributed by atoms with Gasteiger partial charge in [0.2, 0.25) is 5.91 Å². The Kier molecular flexibility index (Phi) is 6.26. The third-order valence-corrected chi connectivity index (χ3v) is 7.43. The predicted molar refractivity (Wildman–Crippen MR) is 99.3 cm³/mol. The number of hydrogen-bond donors (Lipinski definition) is 1. The van der Waals surface area contributed by atoms with Crippen LogP contribution in [-0.4, -0.2) is 54.1 Å². The SMILES string of the molecule is CC1CCN(S(=O)(=O)N2CCC(C(=O)NCc3ccccn3)CC2)CC1. The Hall–Kier alpha value is -1.51. The summed E-state index contributed by atoms with van der Waals surface area (Å²) >= 11 is 0. The second kappa shape index (κ2) is 8.45. The van der Waals surface area contributed by atoms with Crippen molar-refractivity contribution in [3.63, 3.8) is 0 Å². The third-order valence-electron chi connectivity index (χ3n) is 5.39. The number of amides is 1. The zero-order valence-electron chi connectivity index (χ0n) is 15.3. The molecule has 0 spiro atoms. The highest BCUT2D eigenvalue weighted by atomic mass is 32.2. The maximum atomic E-state index is 12.8. The second-order valence-corrected chi connectivity index (χ2v) is 9.23. The molecule has 2 fully saturated rings. The van der Waals surface area contributed by atoms with E-state index in [1.54, 1.807) is 14.8 Å². The van der Waals surface area contributed by atoms with Gasteiger partial charge in [0.15, 0.2) is 0 Å². The molecule has 8 heteroatoms. The fourth-order valence-corrected chi connectivity index (χ4v) is 5.22. The lowest BCUT2D eigenvalue weighted by Crippen LogP contribution is -2.50. The van der Waals surface area contributed by atoms with Gasteiger partial charge in [-0.05, 0) is 43.7 Å².